The molecule has 1 amide bonds. The van der Waals surface area contributed by atoms with Crippen molar-refractivity contribution >= 4 is 12.1 Å². The van der Waals surface area contributed by atoms with Gasteiger partial charge in [-0.1, -0.05) is 0 Å². The summed E-state index contributed by atoms with van der Waals surface area (Å²) in [6, 6.07) is 0. The topological polar surface area (TPSA) is 68.2 Å². The first kappa shape index (κ1) is 12.4. The fourth-order valence-corrected chi connectivity index (χ4v) is 1.64. The van der Waals surface area contributed by atoms with Crippen molar-refractivity contribution in [1.29, 1.82) is 0 Å². The van der Waals surface area contributed by atoms with E-state index in [0.717, 1.165) is 0 Å². The van der Waals surface area contributed by atoms with Crippen LogP contribution in [0.15, 0.2) is 4.99 Å². The summed E-state index contributed by atoms with van der Waals surface area (Å²) < 4.78 is 5.18. The predicted octanol–water partition coefficient (Wildman–Crippen LogP) is -4.66. The molecule has 0 aliphatic carbocycles. The van der Waals surface area contributed by atoms with Gasteiger partial charge in [-0.3, -0.25) is 9.89 Å². The smallest absolute Gasteiger partial charge is 0.530 e. The number of ether oxygens (including phenoxy) is 1. The maximum Gasteiger partial charge on any atom is 1.00 e. The molecule has 15 heavy (non-hydrogen) atoms. The second-order valence-electron chi connectivity index (χ2n) is 3.20. The van der Waals surface area contributed by atoms with E-state index in [0.29, 0.717) is 45.4 Å². The van der Waals surface area contributed by atoms with Crippen LogP contribution in [-0.2, 0) is 4.74 Å². The van der Waals surface area contributed by atoms with E-state index in [2.05, 4.69) is 4.99 Å². The van der Waals surface area contributed by atoms with Crippen molar-refractivity contribution in [2.24, 2.45) is 4.99 Å². The van der Waals surface area contributed by atoms with Gasteiger partial charge >= 0.3 is 18.9 Å². The first-order chi connectivity index (χ1) is 6.79. The van der Waals surface area contributed by atoms with Crippen LogP contribution in [0.4, 0.5) is 4.79 Å². The third-order valence-corrected chi connectivity index (χ3v) is 2.33. The molecule has 2 heterocycles. The van der Waals surface area contributed by atoms with Crippen molar-refractivity contribution in [1.82, 2.24) is 9.80 Å². The van der Waals surface area contributed by atoms with E-state index in [1.54, 1.807) is 0 Å². The molecule has 0 spiro atoms. The van der Waals surface area contributed by atoms with Crippen molar-refractivity contribution in [3.63, 3.8) is 0 Å². The number of hydrogen-bond acceptors (Lipinski definition) is 5. The molecule has 1 fully saturated rings. The summed E-state index contributed by atoms with van der Waals surface area (Å²) in [4.78, 5) is 18.0. The summed E-state index contributed by atoms with van der Waals surface area (Å²) in [6.45, 7) is 3.58. The zero-order chi connectivity index (χ0) is 9.97. The molecule has 0 bridgehead atoms. The summed E-state index contributed by atoms with van der Waals surface area (Å²) in [7, 11) is 0. The van der Waals surface area contributed by atoms with Crippen molar-refractivity contribution in [3.05, 3.63) is 0 Å². The Kier molecular flexibility index (Phi) is 4.45. The molecule has 2 rings (SSSR count). The summed E-state index contributed by atoms with van der Waals surface area (Å²) >= 11 is 0. The van der Waals surface area contributed by atoms with Crippen LogP contribution in [-0.4, -0.2) is 61.2 Å². The molecule has 2 aliphatic heterocycles. The Balaban J connectivity index is 0.00000112. The van der Waals surface area contributed by atoms with Gasteiger partial charge in [-0.2, -0.15) is 0 Å². The molecule has 0 aromatic heterocycles. The van der Waals surface area contributed by atoms with Gasteiger partial charge in [0.2, 0.25) is 5.96 Å². The van der Waals surface area contributed by atoms with Crippen LogP contribution < -0.4 is 24.0 Å². The molecule has 0 radical (unpaired) electrons. The average Bonchev–Trinajstić information content (AvgIpc) is 2.67. The van der Waals surface area contributed by atoms with E-state index < -0.39 is 6.09 Å². The van der Waals surface area contributed by atoms with Crippen LogP contribution in [0.25, 0.3) is 0 Å². The van der Waals surface area contributed by atoms with Gasteiger partial charge in [0.15, 0.2) is 0 Å². The summed E-state index contributed by atoms with van der Waals surface area (Å²) in [5, 5.41) is 10.7. The van der Waals surface area contributed by atoms with Gasteiger partial charge in [-0.25, -0.2) is 0 Å². The molecule has 0 aromatic carbocycles. The Morgan fingerprint density at radius 2 is 2.00 bits per heavy atom. The number of guanidine groups is 1. The molecule has 78 valence electrons. The van der Waals surface area contributed by atoms with Crippen molar-refractivity contribution in [2.45, 2.75) is 0 Å². The van der Waals surface area contributed by atoms with E-state index in [1.807, 2.05) is 4.90 Å². The van der Waals surface area contributed by atoms with Gasteiger partial charge in [0.25, 0.3) is 0 Å². The molecule has 2 aliphatic rings. The number of aliphatic imine (C=N–C) groups is 1. The Labute approximate surface area is 100 Å². The molecule has 0 unspecified atom stereocenters. The minimum atomic E-state index is -1.17. The van der Waals surface area contributed by atoms with Gasteiger partial charge in [0.05, 0.1) is 19.8 Å². The number of rotatable bonds is 0. The van der Waals surface area contributed by atoms with Crippen LogP contribution >= 0.6 is 0 Å². The molecular formula is C8H12LiN3O3. The molecule has 0 aromatic rings. The number of carbonyl (C=O) groups is 1. The number of nitrogens with zero attached hydrogens (tertiary/aromatic N) is 3. The standard InChI is InChI=1S/C8H13N3O3.Li/c12-8(13)11-2-1-9-7(11)10-3-5-14-6-4-10;/h1-6H2,(H,12,13);/q;+1/p-1. The number of carboxylic acid groups (broad SMARTS) is 1. The molecule has 7 heteroatoms. The Morgan fingerprint density at radius 1 is 1.33 bits per heavy atom. The molecule has 0 atom stereocenters. The first-order valence-corrected chi connectivity index (χ1v) is 4.64. The van der Waals surface area contributed by atoms with Gasteiger partial charge < -0.3 is 19.5 Å². The van der Waals surface area contributed by atoms with E-state index in [-0.39, 0.29) is 18.9 Å². The number of morpholine rings is 1. The van der Waals surface area contributed by atoms with Crippen molar-refractivity contribution in [2.75, 3.05) is 39.4 Å². The van der Waals surface area contributed by atoms with Crippen LogP contribution in [0.5, 0.6) is 0 Å². The second-order valence-corrected chi connectivity index (χ2v) is 3.20. The third-order valence-electron chi connectivity index (χ3n) is 2.33. The molecule has 1 saturated heterocycles. The van der Waals surface area contributed by atoms with Crippen LogP contribution in [0, 0.1) is 0 Å². The van der Waals surface area contributed by atoms with Crippen molar-refractivity contribution < 1.29 is 33.5 Å². The minimum absolute atomic E-state index is 0. The maximum atomic E-state index is 10.7. The predicted molar refractivity (Wildman–Crippen MR) is 46.8 cm³/mol. The van der Waals surface area contributed by atoms with Crippen LogP contribution in [0.3, 0.4) is 0 Å². The zero-order valence-corrected chi connectivity index (χ0v) is 8.81. The van der Waals surface area contributed by atoms with E-state index >= 15 is 0 Å². The number of amides is 1. The summed E-state index contributed by atoms with van der Waals surface area (Å²) in [5.41, 5.74) is 0. The SMILES string of the molecule is O=C([O-])N1CCN=C1N1CCOCC1.[Li+]. The van der Waals surface area contributed by atoms with Gasteiger partial charge in [-0.15, -0.1) is 0 Å². The number of carbonyl (C=O) groups excluding carboxylic acids is 1. The Hall–Kier alpha value is -0.703. The van der Waals surface area contributed by atoms with Gasteiger partial charge in [-0.05, 0) is 0 Å². The van der Waals surface area contributed by atoms with E-state index in [9.17, 15) is 9.90 Å². The van der Waals surface area contributed by atoms with Crippen molar-refractivity contribution in [3.8, 4) is 0 Å². The number of hydrogen-bond donors (Lipinski definition) is 0. The van der Waals surface area contributed by atoms with Crippen LogP contribution in [0.2, 0.25) is 0 Å². The summed E-state index contributed by atoms with van der Waals surface area (Å²) in [6.07, 6.45) is -1.17. The normalized spacial score (nSPS) is 20.9. The maximum absolute atomic E-state index is 10.7. The average molecular weight is 205 g/mol. The summed E-state index contributed by atoms with van der Waals surface area (Å²) in [5.74, 6) is 0.522. The zero-order valence-electron chi connectivity index (χ0n) is 8.81. The quantitative estimate of drug-likeness (QED) is 0.373. The van der Waals surface area contributed by atoms with Gasteiger partial charge in [0, 0.05) is 19.6 Å². The fourth-order valence-electron chi connectivity index (χ4n) is 1.64. The molecule has 0 saturated carbocycles. The van der Waals surface area contributed by atoms with Gasteiger partial charge in [0.1, 0.15) is 6.09 Å². The van der Waals surface area contributed by atoms with Crippen LogP contribution in [0.1, 0.15) is 0 Å². The first-order valence-electron chi connectivity index (χ1n) is 4.64. The molecule has 6 nitrogen and oxygen atoms in total. The largest absolute Gasteiger partial charge is 1.00 e. The molecule has 0 N–H and O–H groups in total. The fraction of sp³-hybridized carbons (Fsp3) is 0.750. The monoisotopic (exact) mass is 205 g/mol. The van der Waals surface area contributed by atoms with E-state index in [1.165, 1.54) is 4.90 Å². The molecular weight excluding hydrogens is 193 g/mol. The minimum Gasteiger partial charge on any atom is -0.530 e. The van der Waals surface area contributed by atoms with E-state index in [4.69, 9.17) is 4.74 Å². The third kappa shape index (κ3) is 2.65. The Bertz CT molecular complexity index is 266. The Morgan fingerprint density at radius 3 is 2.60 bits per heavy atom. The second kappa shape index (κ2) is 5.40.